The van der Waals surface area contributed by atoms with Gasteiger partial charge in [0.25, 0.3) is 0 Å². The van der Waals surface area contributed by atoms with Crippen LogP contribution in [0.3, 0.4) is 0 Å². The number of urea groups is 1. The monoisotopic (exact) mass is 346 g/mol. The van der Waals surface area contributed by atoms with E-state index in [0.29, 0.717) is 17.7 Å². The predicted molar refractivity (Wildman–Crippen MR) is 104 cm³/mol. The molecule has 5 nitrogen and oxygen atoms in total. The zero-order valence-electron chi connectivity index (χ0n) is 15.0. The van der Waals surface area contributed by atoms with E-state index in [9.17, 15) is 10.1 Å². The summed E-state index contributed by atoms with van der Waals surface area (Å²) in [5, 5.41) is 15.0. The van der Waals surface area contributed by atoms with Crippen LogP contribution in [0.1, 0.15) is 30.5 Å². The smallest absolute Gasteiger partial charge is 0.319 e. The van der Waals surface area contributed by atoms with Crippen molar-refractivity contribution in [2.75, 3.05) is 0 Å². The highest BCUT2D eigenvalue weighted by atomic mass is 16.2. The van der Waals surface area contributed by atoms with Crippen LogP contribution < -0.4 is 10.6 Å². The van der Waals surface area contributed by atoms with E-state index in [2.05, 4.69) is 34.8 Å². The van der Waals surface area contributed by atoms with Gasteiger partial charge in [0, 0.05) is 36.1 Å². The molecule has 0 spiro atoms. The molecule has 1 aromatic carbocycles. The molecule has 132 valence electrons. The molecule has 1 aromatic heterocycles. The molecule has 26 heavy (non-hydrogen) atoms. The number of benzene rings is 1. The lowest BCUT2D eigenvalue weighted by molar-refractivity contribution is 0.241. The van der Waals surface area contributed by atoms with Crippen molar-refractivity contribution in [3.8, 4) is 17.2 Å². The fraction of sp³-hybridized carbons (Fsp3) is 0.190. The molecule has 2 amide bonds. The van der Waals surface area contributed by atoms with Gasteiger partial charge in [-0.2, -0.15) is 5.26 Å². The highest BCUT2D eigenvalue weighted by Gasteiger charge is 2.13. The highest BCUT2D eigenvalue weighted by Crippen LogP contribution is 2.27. The lowest BCUT2D eigenvalue weighted by Gasteiger charge is -2.15. The lowest BCUT2D eigenvalue weighted by atomic mass is 9.93. The number of hydrogen-bond donors (Lipinski definition) is 2. The van der Waals surface area contributed by atoms with Crippen molar-refractivity contribution in [3.05, 3.63) is 72.2 Å². The Morgan fingerprint density at radius 3 is 2.73 bits per heavy atom. The van der Waals surface area contributed by atoms with Gasteiger partial charge in [0.2, 0.25) is 0 Å². The molecule has 0 atom stereocenters. The first-order valence-corrected chi connectivity index (χ1v) is 8.29. The third-order valence-electron chi connectivity index (χ3n) is 3.72. The third-order valence-corrected chi connectivity index (χ3v) is 3.72. The molecule has 0 saturated carbocycles. The van der Waals surface area contributed by atoms with Crippen LogP contribution in [-0.4, -0.2) is 17.1 Å². The van der Waals surface area contributed by atoms with Crippen molar-refractivity contribution in [2.24, 2.45) is 0 Å². The Hall–Kier alpha value is -3.39. The number of nitrogens with one attached hydrogen (secondary N) is 2. The Bertz CT molecular complexity index is 864. The van der Waals surface area contributed by atoms with Gasteiger partial charge in [0.15, 0.2) is 0 Å². The molecule has 0 aliphatic rings. The van der Waals surface area contributed by atoms with Crippen LogP contribution in [0.2, 0.25) is 0 Å². The number of allylic oxidation sites excluding steroid dienone is 1. The van der Waals surface area contributed by atoms with Crippen LogP contribution in [0, 0.1) is 11.3 Å². The van der Waals surface area contributed by atoms with Crippen LogP contribution in [0.4, 0.5) is 4.79 Å². The number of nitriles is 1. The second kappa shape index (κ2) is 8.63. The largest absolute Gasteiger partial charge is 0.336 e. The third kappa shape index (κ3) is 4.81. The van der Waals surface area contributed by atoms with Crippen LogP contribution in [0.5, 0.6) is 0 Å². The van der Waals surface area contributed by atoms with Gasteiger partial charge in [-0.1, -0.05) is 25.3 Å². The number of rotatable bonds is 6. The maximum atomic E-state index is 11.8. The minimum atomic E-state index is -0.310. The van der Waals surface area contributed by atoms with E-state index in [0.717, 1.165) is 22.3 Å². The fourth-order valence-corrected chi connectivity index (χ4v) is 2.59. The van der Waals surface area contributed by atoms with Gasteiger partial charge in [0.1, 0.15) is 0 Å². The summed E-state index contributed by atoms with van der Waals surface area (Å²) in [6.07, 6.45) is 5.51. The molecule has 2 aromatic rings. The molecule has 0 fully saturated rings. The summed E-state index contributed by atoms with van der Waals surface area (Å²) >= 11 is 0. The molecule has 0 aliphatic carbocycles. The average Bonchev–Trinajstić information content (AvgIpc) is 2.61. The second-order valence-corrected chi connectivity index (χ2v) is 6.18. The molecule has 0 aliphatic heterocycles. The predicted octanol–water partition coefficient (Wildman–Crippen LogP) is 4.03. The van der Waals surface area contributed by atoms with Crippen molar-refractivity contribution in [3.63, 3.8) is 0 Å². The molecule has 5 heteroatoms. The Kier molecular flexibility index (Phi) is 6.29. The Morgan fingerprint density at radius 1 is 1.38 bits per heavy atom. The maximum absolute atomic E-state index is 11.8. The number of amides is 2. The van der Waals surface area contributed by atoms with Gasteiger partial charge >= 0.3 is 6.03 Å². The average molecular weight is 346 g/mol. The molecular weight excluding hydrogens is 324 g/mol. The molecule has 0 bridgehead atoms. The summed E-state index contributed by atoms with van der Waals surface area (Å²) in [7, 11) is 0. The summed E-state index contributed by atoms with van der Waals surface area (Å²) in [6, 6.07) is 9.52. The number of hydrogen-bond acceptors (Lipinski definition) is 3. The summed E-state index contributed by atoms with van der Waals surface area (Å²) in [5.74, 6) is 0. The minimum absolute atomic E-state index is 0.0278. The number of nitrogens with zero attached hydrogens (tertiary/aromatic N) is 2. The van der Waals surface area contributed by atoms with Crippen molar-refractivity contribution in [1.29, 1.82) is 5.26 Å². The molecule has 2 N–H and O–H groups in total. The summed E-state index contributed by atoms with van der Waals surface area (Å²) in [6.45, 7) is 11.5. The van der Waals surface area contributed by atoms with Crippen LogP contribution in [-0.2, 0) is 6.42 Å². The van der Waals surface area contributed by atoms with E-state index in [-0.39, 0.29) is 12.1 Å². The first kappa shape index (κ1) is 18.9. The SMILES string of the molecule is C=Cc1cc(-c2cccnc2)cc(C#N)c1CC(=C)NC(=O)NC(C)C. The van der Waals surface area contributed by atoms with Crippen LogP contribution in [0.25, 0.3) is 17.2 Å². The Morgan fingerprint density at radius 2 is 2.15 bits per heavy atom. The molecule has 1 heterocycles. The number of aromatic nitrogens is 1. The molecule has 2 rings (SSSR count). The summed E-state index contributed by atoms with van der Waals surface area (Å²) < 4.78 is 0. The van der Waals surface area contributed by atoms with E-state index in [4.69, 9.17) is 0 Å². The first-order chi connectivity index (χ1) is 12.4. The number of pyridine rings is 1. The van der Waals surface area contributed by atoms with Gasteiger partial charge in [-0.15, -0.1) is 0 Å². The van der Waals surface area contributed by atoms with Crippen molar-refractivity contribution >= 4 is 12.1 Å². The van der Waals surface area contributed by atoms with Crippen LogP contribution >= 0.6 is 0 Å². The Balaban J connectivity index is 2.31. The zero-order chi connectivity index (χ0) is 19.1. The van der Waals surface area contributed by atoms with E-state index in [1.54, 1.807) is 18.5 Å². The van der Waals surface area contributed by atoms with E-state index < -0.39 is 0 Å². The molecule has 0 radical (unpaired) electrons. The van der Waals surface area contributed by atoms with Crippen LogP contribution in [0.15, 0.2) is 55.5 Å². The lowest BCUT2D eigenvalue weighted by Crippen LogP contribution is -2.39. The van der Waals surface area contributed by atoms with Gasteiger partial charge < -0.3 is 10.6 Å². The quantitative estimate of drug-likeness (QED) is 0.829. The summed E-state index contributed by atoms with van der Waals surface area (Å²) in [4.78, 5) is 15.9. The van der Waals surface area contributed by atoms with E-state index in [1.807, 2.05) is 38.1 Å². The number of carbonyl (C=O) groups excluding carboxylic acids is 1. The molecule has 0 saturated heterocycles. The standard InChI is InChI=1S/C21H22N4O/c1-5-16-10-18(17-7-6-8-23-13-17)11-19(12-22)20(16)9-15(4)25-21(26)24-14(2)3/h5-8,10-11,13-14H,1,4,9H2,2-3H3,(H2,24,25,26). The highest BCUT2D eigenvalue weighted by molar-refractivity contribution is 5.76. The van der Waals surface area contributed by atoms with Crippen molar-refractivity contribution in [1.82, 2.24) is 15.6 Å². The van der Waals surface area contributed by atoms with Gasteiger partial charge in [-0.05, 0) is 48.7 Å². The van der Waals surface area contributed by atoms with Gasteiger partial charge in [0.05, 0.1) is 11.6 Å². The van der Waals surface area contributed by atoms with E-state index in [1.165, 1.54) is 0 Å². The van der Waals surface area contributed by atoms with Gasteiger partial charge in [-0.25, -0.2) is 4.79 Å². The van der Waals surface area contributed by atoms with Crippen molar-refractivity contribution in [2.45, 2.75) is 26.3 Å². The molecular formula is C21H22N4O. The minimum Gasteiger partial charge on any atom is -0.336 e. The van der Waals surface area contributed by atoms with Crippen molar-refractivity contribution < 1.29 is 4.79 Å². The normalized spacial score (nSPS) is 10.1. The Labute approximate surface area is 154 Å². The second-order valence-electron chi connectivity index (χ2n) is 6.18. The zero-order valence-corrected chi connectivity index (χ0v) is 15.0. The fourth-order valence-electron chi connectivity index (χ4n) is 2.59. The topological polar surface area (TPSA) is 77.8 Å². The van der Waals surface area contributed by atoms with E-state index >= 15 is 0 Å². The van der Waals surface area contributed by atoms with Gasteiger partial charge in [-0.3, -0.25) is 4.98 Å². The molecule has 0 unspecified atom stereocenters. The first-order valence-electron chi connectivity index (χ1n) is 8.29. The number of carbonyl (C=O) groups is 1. The summed E-state index contributed by atoms with van der Waals surface area (Å²) in [5.41, 5.74) is 4.46. The maximum Gasteiger partial charge on any atom is 0.319 e.